The van der Waals surface area contributed by atoms with E-state index in [1.54, 1.807) is 30.3 Å². The van der Waals surface area contributed by atoms with E-state index in [9.17, 15) is 32.5 Å². The number of hydrogen-bond acceptors (Lipinski definition) is 7. The summed E-state index contributed by atoms with van der Waals surface area (Å²) in [6.45, 7) is -0.831. The molecule has 3 aromatic carbocycles. The Morgan fingerprint density at radius 1 is 1.06 bits per heavy atom. The van der Waals surface area contributed by atoms with E-state index < -0.39 is 50.6 Å². The van der Waals surface area contributed by atoms with Crippen LogP contribution in [0.5, 0.6) is 0 Å². The number of rotatable bonds is 8. The van der Waals surface area contributed by atoms with E-state index in [1.165, 1.54) is 25.2 Å². The summed E-state index contributed by atoms with van der Waals surface area (Å²) in [5.41, 5.74) is -0.600. The molecule has 3 aromatic rings. The molecule has 0 bridgehead atoms. The summed E-state index contributed by atoms with van der Waals surface area (Å²) in [5, 5.41) is 12.9. The molecule has 12 heteroatoms. The number of ether oxygens (including phenoxy) is 1. The number of hydrogen-bond donors (Lipinski definition) is 1. The summed E-state index contributed by atoms with van der Waals surface area (Å²) in [5.74, 6) is -2.85. The van der Waals surface area contributed by atoms with Crippen LogP contribution in [0.4, 0.5) is 21.5 Å². The summed E-state index contributed by atoms with van der Waals surface area (Å²) in [4.78, 5) is 34.3. The van der Waals surface area contributed by atoms with Gasteiger partial charge in [-0.3, -0.25) is 19.2 Å². The lowest BCUT2D eigenvalue weighted by atomic mass is 10.2. The van der Waals surface area contributed by atoms with Gasteiger partial charge < -0.3 is 10.1 Å². The second-order valence-electron chi connectivity index (χ2n) is 6.88. The van der Waals surface area contributed by atoms with E-state index in [0.29, 0.717) is 5.69 Å². The lowest BCUT2D eigenvalue weighted by Crippen LogP contribution is -2.26. The number of esters is 1. The molecule has 0 atom stereocenters. The topological polar surface area (TPSA) is 136 Å². The highest BCUT2D eigenvalue weighted by Gasteiger charge is 2.23. The number of non-ortho nitro benzene ring substituents is 1. The molecular weight excluding hydrogens is 469 g/mol. The minimum absolute atomic E-state index is 0.128. The fourth-order valence-corrected chi connectivity index (χ4v) is 4.08. The van der Waals surface area contributed by atoms with Crippen molar-refractivity contribution in [2.45, 2.75) is 4.90 Å². The second-order valence-corrected chi connectivity index (χ2v) is 8.85. The first-order valence-corrected chi connectivity index (χ1v) is 11.1. The van der Waals surface area contributed by atoms with Gasteiger partial charge in [-0.2, -0.15) is 0 Å². The van der Waals surface area contributed by atoms with Crippen molar-refractivity contribution in [1.82, 2.24) is 0 Å². The summed E-state index contributed by atoms with van der Waals surface area (Å²) < 4.78 is 45.5. The van der Waals surface area contributed by atoms with Crippen LogP contribution in [-0.2, 0) is 19.6 Å². The Bertz CT molecular complexity index is 1350. The van der Waals surface area contributed by atoms with Gasteiger partial charge in [-0.05, 0) is 36.4 Å². The van der Waals surface area contributed by atoms with Crippen molar-refractivity contribution < 1.29 is 32.1 Å². The van der Waals surface area contributed by atoms with Crippen LogP contribution in [0.1, 0.15) is 10.4 Å². The van der Waals surface area contributed by atoms with Gasteiger partial charge in [0.25, 0.3) is 21.6 Å². The monoisotopic (exact) mass is 487 g/mol. The fraction of sp³-hybridized carbons (Fsp3) is 0.0909. The molecule has 0 radical (unpaired) electrons. The minimum Gasteiger partial charge on any atom is -0.452 e. The maximum Gasteiger partial charge on any atom is 0.338 e. The molecule has 1 amide bonds. The first kappa shape index (κ1) is 24.3. The summed E-state index contributed by atoms with van der Waals surface area (Å²) in [6, 6.07) is 16.0. The predicted molar refractivity (Wildman–Crippen MR) is 120 cm³/mol. The number of carbonyl (C=O) groups excluding carboxylic acids is 2. The average Bonchev–Trinajstić information content (AvgIpc) is 2.83. The highest BCUT2D eigenvalue weighted by atomic mass is 32.2. The Balaban J connectivity index is 1.68. The van der Waals surface area contributed by atoms with Gasteiger partial charge in [-0.25, -0.2) is 17.6 Å². The third kappa shape index (κ3) is 5.53. The SMILES string of the molecule is CN(c1ccccc1)S(=O)(=O)c1cccc(C(=O)OCC(=O)Nc2cc([N+](=O)[O-])ccc2F)c1. The minimum atomic E-state index is -3.99. The molecule has 0 aliphatic carbocycles. The van der Waals surface area contributed by atoms with Crippen molar-refractivity contribution in [2.75, 3.05) is 23.3 Å². The van der Waals surface area contributed by atoms with Crippen LogP contribution < -0.4 is 9.62 Å². The van der Waals surface area contributed by atoms with Crippen molar-refractivity contribution in [3.8, 4) is 0 Å². The van der Waals surface area contributed by atoms with E-state index >= 15 is 0 Å². The largest absolute Gasteiger partial charge is 0.452 e. The molecule has 34 heavy (non-hydrogen) atoms. The van der Waals surface area contributed by atoms with Crippen LogP contribution in [0, 0.1) is 15.9 Å². The number of nitrogens with zero attached hydrogens (tertiary/aromatic N) is 2. The number of para-hydroxylation sites is 1. The number of sulfonamides is 1. The van der Waals surface area contributed by atoms with E-state index in [2.05, 4.69) is 5.32 Å². The van der Waals surface area contributed by atoms with Gasteiger partial charge in [0.1, 0.15) is 5.82 Å². The van der Waals surface area contributed by atoms with Gasteiger partial charge in [-0.1, -0.05) is 24.3 Å². The Kier molecular flexibility index (Phi) is 7.21. The Hall–Kier alpha value is -4.32. The van der Waals surface area contributed by atoms with Crippen LogP contribution in [0.15, 0.2) is 77.7 Å². The number of halogens is 1. The standard InChI is InChI=1S/C22H18FN3O7S/c1-25(16-7-3-2-4-8-16)34(31,32)18-9-5-6-15(12-18)22(28)33-14-21(27)24-20-13-17(26(29)30)10-11-19(20)23/h2-13H,14H2,1H3,(H,24,27). The van der Waals surface area contributed by atoms with Crippen LogP contribution in [0.25, 0.3) is 0 Å². The van der Waals surface area contributed by atoms with E-state index in [-0.39, 0.29) is 10.5 Å². The molecule has 1 N–H and O–H groups in total. The van der Waals surface area contributed by atoms with Gasteiger partial charge in [0.05, 0.1) is 26.8 Å². The molecular formula is C22H18FN3O7S. The number of benzene rings is 3. The number of carbonyl (C=O) groups is 2. The van der Waals surface area contributed by atoms with Gasteiger partial charge >= 0.3 is 5.97 Å². The smallest absolute Gasteiger partial charge is 0.338 e. The lowest BCUT2D eigenvalue weighted by molar-refractivity contribution is -0.384. The van der Waals surface area contributed by atoms with Crippen LogP contribution >= 0.6 is 0 Å². The molecule has 0 aliphatic rings. The molecule has 0 fully saturated rings. The molecule has 0 saturated heterocycles. The molecule has 0 saturated carbocycles. The van der Waals surface area contributed by atoms with Crippen molar-refractivity contribution in [3.05, 3.63) is 94.3 Å². The number of amides is 1. The van der Waals surface area contributed by atoms with Gasteiger partial charge in [-0.15, -0.1) is 0 Å². The van der Waals surface area contributed by atoms with Gasteiger partial charge in [0.2, 0.25) is 0 Å². The van der Waals surface area contributed by atoms with Gasteiger partial charge in [0.15, 0.2) is 6.61 Å². The molecule has 0 aromatic heterocycles. The Labute approximate surface area is 193 Å². The van der Waals surface area contributed by atoms with Crippen molar-refractivity contribution in [2.24, 2.45) is 0 Å². The number of nitro groups is 1. The lowest BCUT2D eigenvalue weighted by Gasteiger charge is -2.19. The molecule has 176 valence electrons. The van der Waals surface area contributed by atoms with Crippen LogP contribution in [-0.4, -0.2) is 38.9 Å². The van der Waals surface area contributed by atoms with Crippen LogP contribution in [0.3, 0.4) is 0 Å². The Morgan fingerprint density at radius 2 is 1.76 bits per heavy atom. The molecule has 0 heterocycles. The quantitative estimate of drug-likeness (QED) is 0.292. The molecule has 3 rings (SSSR count). The second kappa shape index (κ2) is 10.1. The maximum atomic E-state index is 13.8. The van der Waals surface area contributed by atoms with E-state index in [0.717, 1.165) is 28.6 Å². The normalized spacial score (nSPS) is 10.9. The maximum absolute atomic E-state index is 13.8. The first-order valence-electron chi connectivity index (χ1n) is 9.64. The molecule has 0 aliphatic heterocycles. The third-order valence-corrected chi connectivity index (χ3v) is 6.40. The third-order valence-electron chi connectivity index (χ3n) is 4.62. The number of nitrogens with one attached hydrogen (secondary N) is 1. The summed E-state index contributed by atoms with van der Waals surface area (Å²) in [6.07, 6.45) is 0. The van der Waals surface area contributed by atoms with Crippen molar-refractivity contribution in [3.63, 3.8) is 0 Å². The van der Waals surface area contributed by atoms with Gasteiger partial charge in [0, 0.05) is 19.2 Å². The van der Waals surface area contributed by atoms with Crippen molar-refractivity contribution in [1.29, 1.82) is 0 Å². The zero-order valence-electron chi connectivity index (χ0n) is 17.7. The zero-order valence-corrected chi connectivity index (χ0v) is 18.5. The first-order chi connectivity index (χ1) is 16.1. The Morgan fingerprint density at radius 3 is 2.44 bits per heavy atom. The molecule has 0 unspecified atom stereocenters. The van der Waals surface area contributed by atoms with Crippen molar-refractivity contribution >= 4 is 39.0 Å². The van der Waals surface area contributed by atoms with E-state index in [4.69, 9.17) is 4.74 Å². The predicted octanol–water partition coefficient (Wildman–Crippen LogP) is 3.35. The molecule has 10 nitrogen and oxygen atoms in total. The number of nitro benzene ring substituents is 1. The summed E-state index contributed by atoms with van der Waals surface area (Å²) >= 11 is 0. The zero-order chi connectivity index (χ0) is 24.9. The van der Waals surface area contributed by atoms with Crippen LogP contribution in [0.2, 0.25) is 0 Å². The number of anilines is 2. The highest BCUT2D eigenvalue weighted by Crippen LogP contribution is 2.23. The fourth-order valence-electron chi connectivity index (χ4n) is 2.84. The summed E-state index contributed by atoms with van der Waals surface area (Å²) in [7, 11) is -2.62. The molecule has 0 spiro atoms. The average molecular weight is 487 g/mol. The van der Waals surface area contributed by atoms with E-state index in [1.807, 2.05) is 0 Å². The highest BCUT2D eigenvalue weighted by molar-refractivity contribution is 7.92.